The first-order valence-electron chi connectivity index (χ1n) is 12.2. The lowest BCUT2D eigenvalue weighted by Gasteiger charge is -2.23. The van der Waals surface area contributed by atoms with Gasteiger partial charge in [-0.25, -0.2) is 13.4 Å². The highest BCUT2D eigenvalue weighted by Gasteiger charge is 2.33. The second-order valence-electron chi connectivity index (χ2n) is 9.55. The molecule has 1 aliphatic rings. The van der Waals surface area contributed by atoms with Crippen LogP contribution < -0.4 is 20.1 Å². The third kappa shape index (κ3) is 6.88. The quantitative estimate of drug-likeness (QED) is 0.399. The molecule has 0 saturated carbocycles. The number of hydrogen-bond acceptors (Lipinski definition) is 8. The summed E-state index contributed by atoms with van der Waals surface area (Å²) in [5, 5.41) is 10.1. The Bertz CT molecular complexity index is 1430. The van der Waals surface area contributed by atoms with Crippen molar-refractivity contribution in [2.45, 2.75) is 45.8 Å². The summed E-state index contributed by atoms with van der Waals surface area (Å²) < 4.78 is 36.2. The van der Waals surface area contributed by atoms with E-state index in [0.29, 0.717) is 42.5 Å². The van der Waals surface area contributed by atoms with Crippen molar-refractivity contribution in [3.8, 4) is 17.3 Å². The molecule has 0 bridgehead atoms. The van der Waals surface area contributed by atoms with Crippen LogP contribution in [0.1, 0.15) is 41.9 Å². The molecule has 12 heteroatoms. The molecule has 11 nitrogen and oxygen atoms in total. The Morgan fingerprint density at radius 1 is 1.24 bits per heavy atom. The minimum atomic E-state index is -3.57. The third-order valence-electron chi connectivity index (χ3n) is 5.64. The van der Waals surface area contributed by atoms with Crippen molar-refractivity contribution in [1.82, 2.24) is 20.1 Å². The second-order valence-corrected chi connectivity index (χ2v) is 11.7. The number of nitrogens with zero attached hydrogens (tertiary/aromatic N) is 3. The van der Waals surface area contributed by atoms with Gasteiger partial charge in [0, 0.05) is 37.4 Å². The van der Waals surface area contributed by atoms with Gasteiger partial charge in [0.15, 0.2) is 21.5 Å². The lowest BCUT2D eigenvalue weighted by atomic mass is 9.99. The molecule has 3 heterocycles. The van der Waals surface area contributed by atoms with Crippen LogP contribution in [-0.4, -0.2) is 65.8 Å². The van der Waals surface area contributed by atoms with E-state index in [4.69, 9.17) is 9.47 Å². The van der Waals surface area contributed by atoms with Gasteiger partial charge in [-0.2, -0.15) is 9.78 Å². The van der Waals surface area contributed by atoms with Crippen molar-refractivity contribution < 1.29 is 27.5 Å². The van der Waals surface area contributed by atoms with Crippen LogP contribution in [0.5, 0.6) is 11.5 Å². The third-order valence-corrected chi connectivity index (χ3v) is 6.42. The van der Waals surface area contributed by atoms with Crippen LogP contribution in [0.3, 0.4) is 0 Å². The van der Waals surface area contributed by atoms with Crippen LogP contribution in [0.15, 0.2) is 42.6 Å². The van der Waals surface area contributed by atoms with Crippen LogP contribution >= 0.6 is 0 Å². The zero-order valence-corrected chi connectivity index (χ0v) is 22.5. The summed E-state index contributed by atoms with van der Waals surface area (Å²) in [6.45, 7) is 6.13. The standard InChI is InChI=1S/C26H31N5O6S/c1-16(2)37-20-7-5-6-19(13-20)36-11-10-18-12-21-24(26(33)28-18)25(29-23(32)15-38(4,34)35)31(30-21)22-9-8-17(3)14-27-22/h5-9,13-14,16,18H,10-12,15H2,1-4H3,(H,28,33)(H,29,32)/t18-/m0/s1. The molecule has 0 saturated heterocycles. The van der Waals surface area contributed by atoms with Crippen LogP contribution in [0.4, 0.5) is 5.82 Å². The number of carbonyl (C=O) groups excluding carboxylic acids is 2. The first-order chi connectivity index (χ1) is 18.0. The maximum Gasteiger partial charge on any atom is 0.257 e. The van der Waals surface area contributed by atoms with Crippen molar-refractivity contribution >= 4 is 27.5 Å². The van der Waals surface area contributed by atoms with Gasteiger partial charge < -0.3 is 20.1 Å². The Morgan fingerprint density at radius 3 is 2.68 bits per heavy atom. The van der Waals surface area contributed by atoms with Gasteiger partial charge >= 0.3 is 0 Å². The van der Waals surface area contributed by atoms with Gasteiger partial charge in [-0.05, 0) is 44.5 Å². The van der Waals surface area contributed by atoms with E-state index >= 15 is 0 Å². The molecule has 1 aliphatic heterocycles. The number of fused-ring (bicyclic) bond motifs is 1. The number of anilines is 1. The maximum atomic E-state index is 13.2. The fraction of sp³-hybridized carbons (Fsp3) is 0.385. The number of amides is 2. The minimum Gasteiger partial charge on any atom is -0.493 e. The maximum absolute atomic E-state index is 13.2. The topological polar surface area (TPSA) is 142 Å². The van der Waals surface area contributed by atoms with Gasteiger partial charge in [0.1, 0.15) is 22.8 Å². The summed E-state index contributed by atoms with van der Waals surface area (Å²) in [5.74, 6) is -0.0632. The van der Waals surface area contributed by atoms with Crippen molar-refractivity contribution in [3.05, 3.63) is 59.4 Å². The van der Waals surface area contributed by atoms with Crippen LogP contribution in [0, 0.1) is 6.92 Å². The number of benzene rings is 1. The number of nitrogens with one attached hydrogen (secondary N) is 2. The highest BCUT2D eigenvalue weighted by Crippen LogP contribution is 2.28. The number of sulfone groups is 1. The smallest absolute Gasteiger partial charge is 0.257 e. The minimum absolute atomic E-state index is 0.0489. The monoisotopic (exact) mass is 541 g/mol. The highest BCUT2D eigenvalue weighted by molar-refractivity contribution is 7.91. The Hall–Kier alpha value is -3.93. The molecule has 202 valence electrons. The molecule has 1 aromatic carbocycles. The molecule has 2 amide bonds. The van der Waals surface area contributed by atoms with Gasteiger partial charge in [-0.1, -0.05) is 12.1 Å². The van der Waals surface area contributed by atoms with E-state index in [1.807, 2.05) is 51.1 Å². The van der Waals surface area contributed by atoms with Crippen LogP contribution in [-0.2, 0) is 21.1 Å². The summed E-state index contributed by atoms with van der Waals surface area (Å²) >= 11 is 0. The fourth-order valence-corrected chi connectivity index (χ4v) is 4.61. The fourth-order valence-electron chi connectivity index (χ4n) is 4.06. The molecular weight excluding hydrogens is 510 g/mol. The second kappa shape index (κ2) is 11.2. The van der Waals surface area contributed by atoms with Gasteiger partial charge in [0.05, 0.1) is 18.4 Å². The van der Waals surface area contributed by atoms with E-state index < -0.39 is 27.4 Å². The number of ether oxygens (including phenoxy) is 2. The van der Waals surface area contributed by atoms with E-state index in [9.17, 15) is 18.0 Å². The normalized spacial score (nSPS) is 15.1. The van der Waals surface area contributed by atoms with Gasteiger partial charge in [0.25, 0.3) is 5.91 Å². The molecule has 0 aliphatic carbocycles. The summed E-state index contributed by atoms with van der Waals surface area (Å²) in [4.78, 5) is 30.0. The van der Waals surface area contributed by atoms with Crippen molar-refractivity contribution in [2.75, 3.05) is 23.9 Å². The summed E-state index contributed by atoms with van der Waals surface area (Å²) in [6.07, 6.45) is 3.57. The summed E-state index contributed by atoms with van der Waals surface area (Å²) in [5.41, 5.74) is 1.58. The van der Waals surface area contributed by atoms with Crippen molar-refractivity contribution in [1.29, 1.82) is 0 Å². The van der Waals surface area contributed by atoms with E-state index in [0.717, 1.165) is 11.8 Å². The Balaban J connectivity index is 1.52. The van der Waals surface area contributed by atoms with Crippen molar-refractivity contribution in [2.24, 2.45) is 0 Å². The molecule has 0 spiro atoms. The zero-order chi connectivity index (χ0) is 27.4. The number of rotatable bonds is 10. The molecule has 3 aromatic rings. The van der Waals surface area contributed by atoms with Crippen molar-refractivity contribution in [3.63, 3.8) is 0 Å². The van der Waals surface area contributed by atoms with E-state index in [1.165, 1.54) is 4.68 Å². The van der Waals surface area contributed by atoms with Crippen LogP contribution in [0.25, 0.3) is 5.82 Å². The first-order valence-corrected chi connectivity index (χ1v) is 14.3. The molecule has 0 radical (unpaired) electrons. The molecular formula is C26H31N5O6S. The molecule has 38 heavy (non-hydrogen) atoms. The zero-order valence-electron chi connectivity index (χ0n) is 21.7. The average Bonchev–Trinajstić information content (AvgIpc) is 3.16. The summed E-state index contributed by atoms with van der Waals surface area (Å²) in [7, 11) is -3.57. The molecule has 4 rings (SSSR count). The molecule has 2 N–H and O–H groups in total. The van der Waals surface area contributed by atoms with E-state index in [2.05, 4.69) is 20.7 Å². The predicted octanol–water partition coefficient (Wildman–Crippen LogP) is 2.47. The Morgan fingerprint density at radius 2 is 2.00 bits per heavy atom. The largest absolute Gasteiger partial charge is 0.493 e. The van der Waals surface area contributed by atoms with Gasteiger partial charge in [-0.15, -0.1) is 0 Å². The average molecular weight is 542 g/mol. The summed E-state index contributed by atoms with van der Waals surface area (Å²) in [6, 6.07) is 10.7. The lowest BCUT2D eigenvalue weighted by Crippen LogP contribution is -2.42. The Labute approximate surface area is 221 Å². The number of carbonyl (C=O) groups is 2. The van der Waals surface area contributed by atoms with Gasteiger partial charge in [0.2, 0.25) is 5.91 Å². The number of pyridine rings is 1. The van der Waals surface area contributed by atoms with Gasteiger partial charge in [-0.3, -0.25) is 9.59 Å². The van der Waals surface area contributed by atoms with E-state index in [-0.39, 0.29) is 23.5 Å². The number of aryl methyl sites for hydroxylation is 1. The Kier molecular flexibility index (Phi) is 8.00. The van der Waals surface area contributed by atoms with E-state index in [1.54, 1.807) is 12.3 Å². The first kappa shape index (κ1) is 27.1. The van der Waals surface area contributed by atoms with Crippen LogP contribution in [0.2, 0.25) is 0 Å². The number of hydrogen-bond donors (Lipinski definition) is 2. The highest BCUT2D eigenvalue weighted by atomic mass is 32.2. The predicted molar refractivity (Wildman–Crippen MR) is 142 cm³/mol. The number of aromatic nitrogens is 3. The SMILES string of the molecule is Cc1ccc(-n2nc3c(c2NC(=O)CS(C)(=O)=O)C(=O)N[C@@H](CCOc2cccc(OC(C)C)c2)C3)nc1. The molecule has 0 unspecified atom stereocenters. The molecule has 0 fully saturated rings. The molecule has 2 aromatic heterocycles. The molecule has 1 atom stereocenters. The lowest BCUT2D eigenvalue weighted by molar-refractivity contribution is -0.113.